The summed E-state index contributed by atoms with van der Waals surface area (Å²) in [6, 6.07) is 7.80. The third-order valence-electron chi connectivity index (χ3n) is 3.59. The van der Waals surface area contributed by atoms with Gasteiger partial charge in [-0.2, -0.15) is 4.31 Å². The normalized spacial score (nSPS) is 17.0. The Hall–Kier alpha value is -0.980. The highest BCUT2D eigenvalue weighted by atomic mass is 35.5. The minimum atomic E-state index is -3.18. The minimum absolute atomic E-state index is 0.130. The molecule has 0 aliphatic carbocycles. The first-order valence-electron chi connectivity index (χ1n) is 7.00. The van der Waals surface area contributed by atoms with Gasteiger partial charge in [-0.25, -0.2) is 8.42 Å². The van der Waals surface area contributed by atoms with Crippen LogP contribution in [0.4, 0.5) is 5.69 Å². The number of alkyl halides is 1. The number of benzene rings is 1. The van der Waals surface area contributed by atoms with E-state index >= 15 is 0 Å². The fraction of sp³-hybridized carbons (Fsp3) is 0.571. The van der Waals surface area contributed by atoms with E-state index in [1.54, 1.807) is 11.4 Å². The first kappa shape index (κ1) is 16.4. The van der Waals surface area contributed by atoms with Crippen molar-refractivity contribution in [3.8, 4) is 5.75 Å². The van der Waals surface area contributed by atoms with Gasteiger partial charge in [0.25, 0.3) is 0 Å². The lowest BCUT2D eigenvalue weighted by Gasteiger charge is -2.35. The fourth-order valence-corrected chi connectivity index (χ4v) is 4.24. The second-order valence-corrected chi connectivity index (χ2v) is 7.38. The second kappa shape index (κ2) is 7.33. The van der Waals surface area contributed by atoms with Gasteiger partial charge in [-0.15, -0.1) is 11.6 Å². The lowest BCUT2D eigenvalue weighted by atomic mass is 10.2. The van der Waals surface area contributed by atoms with E-state index in [-0.39, 0.29) is 5.75 Å². The predicted molar refractivity (Wildman–Crippen MR) is 85.9 cm³/mol. The summed E-state index contributed by atoms with van der Waals surface area (Å²) in [6.45, 7) is 2.34. The quantitative estimate of drug-likeness (QED) is 0.745. The van der Waals surface area contributed by atoms with Crippen LogP contribution in [0, 0.1) is 0 Å². The number of ether oxygens (including phenoxy) is 1. The van der Waals surface area contributed by atoms with Crippen LogP contribution in [0.3, 0.4) is 0 Å². The first-order chi connectivity index (χ1) is 10.1. The first-order valence-corrected chi connectivity index (χ1v) is 9.14. The van der Waals surface area contributed by atoms with Crippen molar-refractivity contribution in [1.82, 2.24) is 4.31 Å². The van der Waals surface area contributed by atoms with E-state index in [1.165, 1.54) is 0 Å². The molecule has 1 fully saturated rings. The molecule has 7 heteroatoms. The minimum Gasteiger partial charge on any atom is -0.495 e. The van der Waals surface area contributed by atoms with E-state index in [2.05, 4.69) is 4.90 Å². The highest BCUT2D eigenvalue weighted by Crippen LogP contribution is 2.28. The van der Waals surface area contributed by atoms with Crippen LogP contribution in [-0.2, 0) is 10.0 Å². The summed E-state index contributed by atoms with van der Waals surface area (Å²) in [5.41, 5.74) is 1.01. The second-order valence-electron chi connectivity index (χ2n) is 4.92. The molecule has 0 amide bonds. The Bertz CT molecular complexity index is 557. The molecule has 1 aliphatic heterocycles. The van der Waals surface area contributed by atoms with Crippen molar-refractivity contribution in [1.29, 1.82) is 0 Å². The summed E-state index contributed by atoms with van der Waals surface area (Å²) in [5, 5.41) is 0. The Kier molecular flexibility index (Phi) is 5.72. The molecule has 0 atom stereocenters. The number of halogens is 1. The van der Waals surface area contributed by atoms with Crippen molar-refractivity contribution in [2.24, 2.45) is 0 Å². The lowest BCUT2D eigenvalue weighted by molar-refractivity contribution is 0.378. The molecule has 0 bridgehead atoms. The maximum Gasteiger partial charge on any atom is 0.214 e. The van der Waals surface area contributed by atoms with Crippen LogP contribution < -0.4 is 9.64 Å². The average molecular weight is 333 g/mol. The van der Waals surface area contributed by atoms with Gasteiger partial charge < -0.3 is 9.64 Å². The summed E-state index contributed by atoms with van der Waals surface area (Å²) in [6.07, 6.45) is 0.497. The van der Waals surface area contributed by atoms with E-state index in [0.717, 1.165) is 11.4 Å². The molecule has 2 rings (SSSR count). The van der Waals surface area contributed by atoms with Gasteiger partial charge in [-0.05, 0) is 18.6 Å². The topological polar surface area (TPSA) is 49.9 Å². The molecule has 1 aromatic carbocycles. The van der Waals surface area contributed by atoms with Crippen LogP contribution in [0.5, 0.6) is 5.75 Å². The number of hydrogen-bond acceptors (Lipinski definition) is 4. The molecule has 1 aliphatic rings. The zero-order valence-corrected chi connectivity index (χ0v) is 13.7. The van der Waals surface area contributed by atoms with E-state index in [0.29, 0.717) is 38.5 Å². The highest BCUT2D eigenvalue weighted by molar-refractivity contribution is 7.89. The van der Waals surface area contributed by atoms with Gasteiger partial charge in [0.15, 0.2) is 0 Å². The molecular formula is C14H21ClN2O3S. The Labute approximate surface area is 131 Å². The van der Waals surface area contributed by atoms with Gasteiger partial charge in [-0.3, -0.25) is 0 Å². The van der Waals surface area contributed by atoms with Crippen molar-refractivity contribution in [3.05, 3.63) is 24.3 Å². The maximum atomic E-state index is 12.1. The SMILES string of the molecule is COc1ccccc1N1CCN(S(=O)(=O)CCCCl)CC1. The average Bonchev–Trinajstić information content (AvgIpc) is 2.53. The van der Waals surface area contributed by atoms with Crippen molar-refractivity contribution in [2.45, 2.75) is 6.42 Å². The molecule has 5 nitrogen and oxygen atoms in total. The summed E-state index contributed by atoms with van der Waals surface area (Å²) in [4.78, 5) is 2.16. The monoisotopic (exact) mass is 332 g/mol. The van der Waals surface area contributed by atoms with E-state index in [1.807, 2.05) is 24.3 Å². The van der Waals surface area contributed by atoms with Crippen LogP contribution in [-0.4, -0.2) is 57.6 Å². The van der Waals surface area contributed by atoms with Gasteiger partial charge in [0.05, 0.1) is 18.6 Å². The van der Waals surface area contributed by atoms with Crippen LogP contribution in [0.25, 0.3) is 0 Å². The molecule has 0 N–H and O–H groups in total. The molecule has 118 valence electrons. The molecule has 0 radical (unpaired) electrons. The molecule has 0 unspecified atom stereocenters. The largest absolute Gasteiger partial charge is 0.495 e. The van der Waals surface area contributed by atoms with Gasteiger partial charge in [-0.1, -0.05) is 12.1 Å². The summed E-state index contributed by atoms with van der Waals surface area (Å²) < 4.78 is 31.2. The van der Waals surface area contributed by atoms with Crippen LogP contribution in [0.1, 0.15) is 6.42 Å². The van der Waals surface area contributed by atoms with E-state index in [9.17, 15) is 8.42 Å². The molecule has 1 aromatic rings. The maximum absolute atomic E-state index is 12.1. The van der Waals surface area contributed by atoms with Crippen molar-refractivity contribution < 1.29 is 13.2 Å². The van der Waals surface area contributed by atoms with Gasteiger partial charge in [0, 0.05) is 32.1 Å². The molecule has 0 aromatic heterocycles. The number of piperazine rings is 1. The van der Waals surface area contributed by atoms with Crippen LogP contribution in [0.2, 0.25) is 0 Å². The van der Waals surface area contributed by atoms with Gasteiger partial charge in [0.2, 0.25) is 10.0 Å². The summed E-state index contributed by atoms with van der Waals surface area (Å²) >= 11 is 5.58. The molecular weight excluding hydrogens is 312 g/mol. The van der Waals surface area contributed by atoms with E-state index < -0.39 is 10.0 Å². The Balaban J connectivity index is 2.00. The molecule has 0 saturated carbocycles. The van der Waals surface area contributed by atoms with Crippen LogP contribution in [0.15, 0.2) is 24.3 Å². The zero-order valence-electron chi connectivity index (χ0n) is 12.2. The summed E-state index contributed by atoms with van der Waals surface area (Å²) in [5.74, 6) is 1.32. The van der Waals surface area contributed by atoms with Crippen molar-refractivity contribution >= 4 is 27.3 Å². The van der Waals surface area contributed by atoms with Crippen molar-refractivity contribution in [3.63, 3.8) is 0 Å². The number of rotatable bonds is 6. The summed E-state index contributed by atoms with van der Waals surface area (Å²) in [7, 11) is -1.53. The fourth-order valence-electron chi connectivity index (χ4n) is 2.46. The molecule has 1 saturated heterocycles. The molecule has 21 heavy (non-hydrogen) atoms. The number of anilines is 1. The van der Waals surface area contributed by atoms with Crippen molar-refractivity contribution in [2.75, 3.05) is 49.8 Å². The number of sulfonamides is 1. The standard InChI is InChI=1S/C14H21ClN2O3S/c1-20-14-6-3-2-5-13(14)16-8-10-17(11-9-16)21(18,19)12-4-7-15/h2-3,5-6H,4,7-12H2,1H3. The van der Waals surface area contributed by atoms with Crippen LogP contribution >= 0.6 is 11.6 Å². The Morgan fingerprint density at radius 1 is 1.19 bits per heavy atom. The molecule has 1 heterocycles. The lowest BCUT2D eigenvalue weighted by Crippen LogP contribution is -2.49. The predicted octanol–water partition coefficient (Wildman–Crippen LogP) is 1.78. The highest BCUT2D eigenvalue weighted by Gasteiger charge is 2.27. The number of nitrogens with zero attached hydrogens (tertiary/aromatic N) is 2. The smallest absolute Gasteiger partial charge is 0.214 e. The molecule has 0 spiro atoms. The van der Waals surface area contributed by atoms with Gasteiger partial charge >= 0.3 is 0 Å². The number of methoxy groups -OCH3 is 1. The third kappa shape index (κ3) is 4.02. The van der Waals surface area contributed by atoms with Gasteiger partial charge in [0.1, 0.15) is 5.75 Å². The number of hydrogen-bond donors (Lipinski definition) is 0. The number of para-hydroxylation sites is 2. The Morgan fingerprint density at radius 2 is 1.86 bits per heavy atom. The zero-order chi connectivity index (χ0) is 15.3. The van der Waals surface area contributed by atoms with E-state index in [4.69, 9.17) is 16.3 Å². The third-order valence-corrected chi connectivity index (χ3v) is 5.82. The Morgan fingerprint density at radius 3 is 2.48 bits per heavy atom.